The molecule has 9 heteroatoms. The van der Waals surface area contributed by atoms with Crippen LogP contribution in [0.5, 0.6) is 0 Å². The summed E-state index contributed by atoms with van der Waals surface area (Å²) in [4.78, 5) is 20.1. The molecule has 2 heterocycles. The molecular formula is C18H18BrF3N4O. The van der Waals surface area contributed by atoms with Crippen molar-refractivity contribution in [1.29, 1.82) is 0 Å². The standard InChI is InChI=1S/C18H18BrF3N4O/c19-14-3-1-2-4-15(14)24-17(27)12-25-7-9-26(10-8-25)16-6-5-13(11-23-16)18(20,21)22/h1-6,11H,7-10,12H2,(H,24,27). The molecule has 144 valence electrons. The highest BCUT2D eigenvalue weighted by atomic mass is 79.9. The van der Waals surface area contributed by atoms with Crippen LogP contribution in [0.15, 0.2) is 47.1 Å². The van der Waals surface area contributed by atoms with Crippen molar-refractivity contribution in [3.05, 3.63) is 52.6 Å². The molecule has 1 aromatic carbocycles. The maximum atomic E-state index is 12.6. The van der Waals surface area contributed by atoms with Gasteiger partial charge in [0.15, 0.2) is 0 Å². The second-order valence-corrected chi connectivity index (χ2v) is 7.05. The van der Waals surface area contributed by atoms with Crippen molar-refractivity contribution in [3.8, 4) is 0 Å². The fourth-order valence-corrected chi connectivity index (χ4v) is 3.22. The Balaban J connectivity index is 1.50. The Labute approximate surface area is 163 Å². The lowest BCUT2D eigenvalue weighted by Crippen LogP contribution is -2.49. The van der Waals surface area contributed by atoms with E-state index in [4.69, 9.17) is 0 Å². The highest BCUT2D eigenvalue weighted by Gasteiger charge is 2.31. The molecule has 3 rings (SSSR count). The van der Waals surface area contributed by atoms with Gasteiger partial charge in [0, 0.05) is 36.8 Å². The molecule has 1 aliphatic rings. The fourth-order valence-electron chi connectivity index (χ4n) is 2.83. The van der Waals surface area contributed by atoms with E-state index >= 15 is 0 Å². The number of benzene rings is 1. The summed E-state index contributed by atoms with van der Waals surface area (Å²) in [5.41, 5.74) is -0.0382. The van der Waals surface area contributed by atoms with Gasteiger partial charge in [0.2, 0.25) is 5.91 Å². The van der Waals surface area contributed by atoms with Crippen molar-refractivity contribution in [2.24, 2.45) is 0 Å². The first-order valence-corrected chi connectivity index (χ1v) is 9.17. The summed E-state index contributed by atoms with van der Waals surface area (Å²) >= 11 is 3.39. The van der Waals surface area contributed by atoms with Gasteiger partial charge in [-0.3, -0.25) is 9.69 Å². The van der Waals surface area contributed by atoms with Crippen LogP contribution in [-0.2, 0) is 11.0 Å². The predicted octanol–water partition coefficient (Wildman–Crippen LogP) is 3.62. The largest absolute Gasteiger partial charge is 0.417 e. The number of nitrogens with one attached hydrogen (secondary N) is 1. The molecule has 2 aromatic rings. The van der Waals surface area contributed by atoms with E-state index in [9.17, 15) is 18.0 Å². The van der Waals surface area contributed by atoms with Gasteiger partial charge in [-0.15, -0.1) is 0 Å². The number of hydrogen-bond acceptors (Lipinski definition) is 4. The summed E-state index contributed by atoms with van der Waals surface area (Å²) in [5, 5.41) is 2.86. The van der Waals surface area contributed by atoms with E-state index in [2.05, 4.69) is 26.2 Å². The summed E-state index contributed by atoms with van der Waals surface area (Å²) < 4.78 is 38.7. The zero-order valence-corrected chi connectivity index (χ0v) is 15.9. The molecule has 0 spiro atoms. The van der Waals surface area contributed by atoms with Crippen LogP contribution in [0.25, 0.3) is 0 Å². The van der Waals surface area contributed by atoms with Crippen molar-refractivity contribution in [1.82, 2.24) is 9.88 Å². The number of rotatable bonds is 4. The van der Waals surface area contributed by atoms with Gasteiger partial charge in [-0.1, -0.05) is 12.1 Å². The number of alkyl halides is 3. The van der Waals surface area contributed by atoms with E-state index < -0.39 is 11.7 Å². The van der Waals surface area contributed by atoms with E-state index in [1.165, 1.54) is 6.07 Å². The predicted molar refractivity (Wildman–Crippen MR) is 101 cm³/mol. The molecular weight excluding hydrogens is 425 g/mol. The van der Waals surface area contributed by atoms with E-state index in [1.54, 1.807) is 0 Å². The van der Waals surface area contributed by atoms with Crippen LogP contribution in [0.2, 0.25) is 0 Å². The number of hydrogen-bond donors (Lipinski definition) is 1. The maximum Gasteiger partial charge on any atom is 0.417 e. The smallest absolute Gasteiger partial charge is 0.354 e. The van der Waals surface area contributed by atoms with Gasteiger partial charge in [0.05, 0.1) is 17.8 Å². The molecule has 0 bridgehead atoms. The first-order valence-electron chi connectivity index (χ1n) is 8.38. The maximum absolute atomic E-state index is 12.6. The van der Waals surface area contributed by atoms with Crippen molar-refractivity contribution < 1.29 is 18.0 Å². The Morgan fingerprint density at radius 1 is 1.11 bits per heavy atom. The SMILES string of the molecule is O=C(CN1CCN(c2ccc(C(F)(F)F)cn2)CC1)Nc1ccccc1Br. The van der Waals surface area contributed by atoms with Crippen molar-refractivity contribution >= 4 is 33.3 Å². The Hall–Kier alpha value is -2.13. The minimum absolute atomic E-state index is 0.108. The second kappa shape index (κ2) is 8.26. The molecule has 0 saturated carbocycles. The van der Waals surface area contributed by atoms with Crippen LogP contribution in [0.3, 0.4) is 0 Å². The van der Waals surface area contributed by atoms with Gasteiger partial charge in [-0.05, 0) is 40.2 Å². The zero-order chi connectivity index (χ0) is 19.4. The quantitative estimate of drug-likeness (QED) is 0.785. The highest BCUT2D eigenvalue weighted by molar-refractivity contribution is 9.10. The first-order chi connectivity index (χ1) is 12.8. The molecule has 0 aliphatic carbocycles. The number of piperazine rings is 1. The molecule has 1 fully saturated rings. The second-order valence-electron chi connectivity index (χ2n) is 6.19. The minimum atomic E-state index is -4.38. The molecule has 5 nitrogen and oxygen atoms in total. The van der Waals surface area contributed by atoms with Gasteiger partial charge in [-0.25, -0.2) is 4.98 Å². The van der Waals surface area contributed by atoms with E-state index in [0.29, 0.717) is 32.0 Å². The van der Waals surface area contributed by atoms with Crippen molar-refractivity contribution in [2.75, 3.05) is 42.9 Å². The Bertz CT molecular complexity index is 790. The fraction of sp³-hybridized carbons (Fsp3) is 0.333. The van der Waals surface area contributed by atoms with Crippen LogP contribution < -0.4 is 10.2 Å². The lowest BCUT2D eigenvalue weighted by atomic mass is 10.2. The van der Waals surface area contributed by atoms with Gasteiger partial charge in [0.1, 0.15) is 5.82 Å². The number of nitrogens with zero attached hydrogens (tertiary/aromatic N) is 3. The average molecular weight is 443 g/mol. The Morgan fingerprint density at radius 2 is 1.81 bits per heavy atom. The summed E-state index contributed by atoms with van der Waals surface area (Å²) in [6.45, 7) is 2.72. The van der Waals surface area contributed by atoms with Crippen LogP contribution in [0.1, 0.15) is 5.56 Å². The monoisotopic (exact) mass is 442 g/mol. The molecule has 0 radical (unpaired) electrons. The molecule has 0 atom stereocenters. The molecule has 1 saturated heterocycles. The number of carbonyl (C=O) groups is 1. The average Bonchev–Trinajstić information content (AvgIpc) is 2.64. The molecule has 1 amide bonds. The summed E-state index contributed by atoms with van der Waals surface area (Å²) in [5.74, 6) is 0.406. The topological polar surface area (TPSA) is 48.5 Å². The number of para-hydroxylation sites is 1. The van der Waals surface area contributed by atoms with Gasteiger partial charge >= 0.3 is 6.18 Å². The molecule has 27 heavy (non-hydrogen) atoms. The van der Waals surface area contributed by atoms with Crippen LogP contribution in [-0.4, -0.2) is 48.5 Å². The van der Waals surface area contributed by atoms with Crippen molar-refractivity contribution in [3.63, 3.8) is 0 Å². The van der Waals surface area contributed by atoms with Gasteiger partial charge < -0.3 is 10.2 Å². The summed E-state index contributed by atoms with van der Waals surface area (Å²) in [7, 11) is 0. The van der Waals surface area contributed by atoms with Gasteiger partial charge in [0.25, 0.3) is 0 Å². The third kappa shape index (κ3) is 5.20. The Morgan fingerprint density at radius 3 is 2.41 bits per heavy atom. The van der Waals surface area contributed by atoms with Crippen molar-refractivity contribution in [2.45, 2.75) is 6.18 Å². The highest BCUT2D eigenvalue weighted by Crippen LogP contribution is 2.29. The third-order valence-corrected chi connectivity index (χ3v) is 4.98. The van der Waals surface area contributed by atoms with Crippen LogP contribution in [0, 0.1) is 0 Å². The van der Waals surface area contributed by atoms with E-state index in [0.717, 1.165) is 22.4 Å². The molecule has 1 N–H and O–H groups in total. The zero-order valence-electron chi connectivity index (χ0n) is 14.3. The third-order valence-electron chi connectivity index (χ3n) is 4.29. The lowest BCUT2D eigenvalue weighted by molar-refractivity contribution is -0.137. The van der Waals surface area contributed by atoms with Crippen LogP contribution in [0.4, 0.5) is 24.7 Å². The van der Waals surface area contributed by atoms with E-state index in [-0.39, 0.29) is 12.5 Å². The van der Waals surface area contributed by atoms with Crippen LogP contribution >= 0.6 is 15.9 Å². The number of amides is 1. The minimum Gasteiger partial charge on any atom is -0.354 e. The number of halogens is 4. The summed E-state index contributed by atoms with van der Waals surface area (Å²) in [6.07, 6.45) is -3.53. The normalized spacial score (nSPS) is 15.6. The number of carbonyl (C=O) groups excluding carboxylic acids is 1. The molecule has 1 aromatic heterocycles. The Kier molecular flexibility index (Phi) is 6.01. The molecule has 0 unspecified atom stereocenters. The number of pyridine rings is 1. The number of aromatic nitrogens is 1. The number of anilines is 2. The molecule has 1 aliphatic heterocycles. The lowest BCUT2D eigenvalue weighted by Gasteiger charge is -2.35. The summed E-state index contributed by atoms with van der Waals surface area (Å²) in [6, 6.07) is 9.81. The van der Waals surface area contributed by atoms with E-state index in [1.807, 2.05) is 34.1 Å². The van der Waals surface area contributed by atoms with Gasteiger partial charge in [-0.2, -0.15) is 13.2 Å². The first kappa shape index (κ1) is 19.6.